The first kappa shape index (κ1) is 23.1. The first-order valence-electron chi connectivity index (χ1n) is 9.60. The summed E-state index contributed by atoms with van der Waals surface area (Å²) in [5.41, 5.74) is -2.53. The van der Waals surface area contributed by atoms with Gasteiger partial charge in [0.05, 0.1) is 18.2 Å². The maximum absolute atomic E-state index is 13.1. The third-order valence-corrected chi connectivity index (χ3v) is 4.83. The minimum absolute atomic E-state index is 0.0436. The number of halogens is 6. The summed E-state index contributed by atoms with van der Waals surface area (Å²) in [6.07, 6.45) is -10.1. The van der Waals surface area contributed by atoms with Gasteiger partial charge in [0.1, 0.15) is 11.3 Å². The number of aromatic nitrogens is 1. The molecule has 0 spiro atoms. The topological polar surface area (TPSA) is 64.4 Å². The predicted molar refractivity (Wildman–Crippen MR) is 110 cm³/mol. The quantitative estimate of drug-likeness (QED) is 0.327. The fraction of sp³-hybridized carbons (Fsp3) is 0.130. The Morgan fingerprint density at radius 3 is 2.06 bits per heavy atom. The van der Waals surface area contributed by atoms with Crippen LogP contribution in [0.2, 0.25) is 0 Å². The number of nitrogens with one attached hydrogen (secondary N) is 1. The molecule has 0 radical (unpaired) electrons. The smallest absolute Gasteiger partial charge is 0.416 e. The van der Waals surface area contributed by atoms with Gasteiger partial charge in [-0.1, -0.05) is 0 Å². The molecule has 176 valence electrons. The van der Waals surface area contributed by atoms with E-state index >= 15 is 0 Å². The van der Waals surface area contributed by atoms with E-state index in [2.05, 4.69) is 10.3 Å². The molecule has 0 unspecified atom stereocenters. The second-order valence-corrected chi connectivity index (χ2v) is 7.18. The van der Waals surface area contributed by atoms with E-state index in [9.17, 15) is 31.1 Å². The zero-order valence-corrected chi connectivity index (χ0v) is 17.2. The van der Waals surface area contributed by atoms with Crippen LogP contribution in [-0.4, -0.2) is 18.0 Å². The van der Waals surface area contributed by atoms with Gasteiger partial charge < -0.3 is 14.5 Å². The monoisotopic (exact) mass is 480 g/mol. The zero-order valence-electron chi connectivity index (χ0n) is 17.2. The molecule has 3 aromatic carbocycles. The number of methoxy groups -OCH3 is 1. The molecule has 1 heterocycles. The number of hydrogen-bond acceptors (Lipinski definition) is 4. The highest BCUT2D eigenvalue weighted by molar-refractivity contribution is 6.05. The van der Waals surface area contributed by atoms with E-state index in [1.807, 2.05) is 0 Å². The lowest BCUT2D eigenvalue weighted by Gasteiger charge is -2.14. The summed E-state index contributed by atoms with van der Waals surface area (Å²) in [6, 6.07) is 11.8. The molecule has 0 saturated heterocycles. The molecular weight excluding hydrogens is 466 g/mol. The summed E-state index contributed by atoms with van der Waals surface area (Å²) < 4.78 is 89.1. The number of alkyl halides is 6. The Kier molecular flexibility index (Phi) is 5.72. The Labute approximate surface area is 188 Å². The van der Waals surface area contributed by atoms with Crippen molar-refractivity contribution in [3.05, 3.63) is 77.4 Å². The second kappa shape index (κ2) is 8.40. The Hall–Kier alpha value is -4.02. The Bertz CT molecular complexity index is 1330. The summed E-state index contributed by atoms with van der Waals surface area (Å²) in [4.78, 5) is 16.8. The van der Waals surface area contributed by atoms with Crippen LogP contribution in [0.3, 0.4) is 0 Å². The van der Waals surface area contributed by atoms with Gasteiger partial charge in [-0.3, -0.25) is 4.79 Å². The molecule has 0 bridgehead atoms. The Morgan fingerprint density at radius 2 is 1.50 bits per heavy atom. The van der Waals surface area contributed by atoms with Gasteiger partial charge in [-0.2, -0.15) is 26.3 Å². The van der Waals surface area contributed by atoms with Crippen LogP contribution in [0.15, 0.2) is 65.1 Å². The van der Waals surface area contributed by atoms with Gasteiger partial charge in [-0.15, -0.1) is 0 Å². The van der Waals surface area contributed by atoms with Crippen molar-refractivity contribution >= 4 is 22.7 Å². The highest BCUT2D eigenvalue weighted by atomic mass is 19.4. The second-order valence-electron chi connectivity index (χ2n) is 7.18. The number of oxazole rings is 1. The van der Waals surface area contributed by atoms with Gasteiger partial charge in [0, 0.05) is 22.9 Å². The molecular formula is C23H14F6N2O3. The molecule has 5 nitrogen and oxygen atoms in total. The zero-order chi connectivity index (χ0) is 24.7. The number of rotatable bonds is 4. The normalized spacial score (nSPS) is 12.1. The molecule has 4 rings (SSSR count). The summed E-state index contributed by atoms with van der Waals surface area (Å²) in [5.74, 6) is -0.243. The standard InChI is InChI=1S/C23H14F6N2O3/c1-33-17-5-2-12(3-6-17)21-31-18-7-4-16(11-19(18)34-21)30-20(32)13-8-14(22(24,25)26)10-15(9-13)23(27,28)29/h2-11H,1H3,(H,30,32). The molecule has 0 fully saturated rings. The number of carbonyl (C=O) groups excluding carboxylic acids is 1. The van der Waals surface area contributed by atoms with Crippen molar-refractivity contribution in [3.63, 3.8) is 0 Å². The average molecular weight is 480 g/mol. The van der Waals surface area contributed by atoms with E-state index in [1.54, 1.807) is 24.3 Å². The summed E-state index contributed by atoms with van der Waals surface area (Å²) >= 11 is 0. The molecule has 34 heavy (non-hydrogen) atoms. The van der Waals surface area contributed by atoms with E-state index in [4.69, 9.17) is 9.15 Å². The van der Waals surface area contributed by atoms with E-state index in [0.29, 0.717) is 29.0 Å². The molecule has 4 aromatic rings. The Morgan fingerprint density at radius 1 is 0.882 bits per heavy atom. The molecule has 0 atom stereocenters. The van der Waals surface area contributed by atoms with Crippen molar-refractivity contribution in [2.24, 2.45) is 0 Å². The summed E-state index contributed by atoms with van der Waals surface area (Å²) in [5, 5.41) is 2.29. The third kappa shape index (κ3) is 4.82. The molecule has 11 heteroatoms. The molecule has 0 saturated carbocycles. The molecule has 0 aliphatic rings. The van der Waals surface area contributed by atoms with Crippen molar-refractivity contribution in [2.45, 2.75) is 12.4 Å². The number of benzene rings is 3. The third-order valence-electron chi connectivity index (χ3n) is 4.83. The van der Waals surface area contributed by atoms with Crippen LogP contribution >= 0.6 is 0 Å². The minimum Gasteiger partial charge on any atom is -0.497 e. The van der Waals surface area contributed by atoms with Crippen LogP contribution in [0.1, 0.15) is 21.5 Å². The number of hydrogen-bond donors (Lipinski definition) is 1. The van der Waals surface area contributed by atoms with Crippen molar-refractivity contribution in [2.75, 3.05) is 12.4 Å². The molecule has 0 aliphatic carbocycles. The average Bonchev–Trinajstić information content (AvgIpc) is 3.21. The summed E-state index contributed by atoms with van der Waals surface area (Å²) in [7, 11) is 1.52. The SMILES string of the molecule is COc1ccc(-c2nc3ccc(NC(=O)c4cc(C(F)(F)F)cc(C(F)(F)F)c4)cc3o2)cc1. The van der Waals surface area contributed by atoms with E-state index < -0.39 is 35.0 Å². The molecule has 1 amide bonds. The predicted octanol–water partition coefficient (Wildman–Crippen LogP) is 6.79. The van der Waals surface area contributed by atoms with Crippen LogP contribution in [-0.2, 0) is 12.4 Å². The maximum atomic E-state index is 13.1. The molecule has 1 aromatic heterocycles. The lowest BCUT2D eigenvalue weighted by Crippen LogP contribution is -2.17. The van der Waals surface area contributed by atoms with Crippen LogP contribution in [0, 0.1) is 0 Å². The number of amides is 1. The number of ether oxygens (including phenoxy) is 1. The van der Waals surface area contributed by atoms with E-state index in [-0.39, 0.29) is 23.2 Å². The highest BCUT2D eigenvalue weighted by Gasteiger charge is 2.37. The first-order valence-corrected chi connectivity index (χ1v) is 9.60. The fourth-order valence-corrected chi connectivity index (χ4v) is 3.15. The highest BCUT2D eigenvalue weighted by Crippen LogP contribution is 2.36. The minimum atomic E-state index is -5.06. The van der Waals surface area contributed by atoms with Gasteiger partial charge in [-0.25, -0.2) is 4.98 Å². The van der Waals surface area contributed by atoms with Crippen LogP contribution in [0.25, 0.3) is 22.6 Å². The van der Waals surface area contributed by atoms with Gasteiger partial charge in [0.2, 0.25) is 5.89 Å². The van der Waals surface area contributed by atoms with Crippen LogP contribution < -0.4 is 10.1 Å². The lowest BCUT2D eigenvalue weighted by atomic mass is 10.0. The van der Waals surface area contributed by atoms with Crippen molar-refractivity contribution in [3.8, 4) is 17.2 Å². The number of fused-ring (bicyclic) bond motifs is 1. The van der Waals surface area contributed by atoms with E-state index in [1.165, 1.54) is 25.3 Å². The lowest BCUT2D eigenvalue weighted by molar-refractivity contribution is -0.143. The van der Waals surface area contributed by atoms with Crippen LogP contribution in [0.4, 0.5) is 32.0 Å². The van der Waals surface area contributed by atoms with E-state index in [0.717, 1.165) is 0 Å². The van der Waals surface area contributed by atoms with Crippen molar-refractivity contribution in [1.82, 2.24) is 4.98 Å². The fourth-order valence-electron chi connectivity index (χ4n) is 3.15. The number of carbonyl (C=O) groups is 1. The van der Waals surface area contributed by atoms with Gasteiger partial charge >= 0.3 is 12.4 Å². The molecule has 1 N–H and O–H groups in total. The van der Waals surface area contributed by atoms with Gasteiger partial charge in [0.25, 0.3) is 5.91 Å². The van der Waals surface area contributed by atoms with Gasteiger partial charge in [0.15, 0.2) is 5.58 Å². The largest absolute Gasteiger partial charge is 0.497 e. The van der Waals surface area contributed by atoms with Crippen molar-refractivity contribution in [1.29, 1.82) is 0 Å². The maximum Gasteiger partial charge on any atom is 0.416 e. The Balaban J connectivity index is 1.62. The van der Waals surface area contributed by atoms with Crippen LogP contribution in [0.5, 0.6) is 5.75 Å². The molecule has 0 aliphatic heterocycles. The van der Waals surface area contributed by atoms with Crippen molar-refractivity contribution < 1.29 is 40.3 Å². The number of nitrogens with zero attached hydrogens (tertiary/aromatic N) is 1. The first-order chi connectivity index (χ1) is 15.9. The van der Waals surface area contributed by atoms with Gasteiger partial charge in [-0.05, 0) is 54.6 Å². The summed E-state index contributed by atoms with van der Waals surface area (Å²) in [6.45, 7) is 0. The number of anilines is 1.